The zero-order valence-electron chi connectivity index (χ0n) is 18.9. The summed E-state index contributed by atoms with van der Waals surface area (Å²) in [6.07, 6.45) is 4.12. The molecule has 5 rings (SSSR count). The lowest BCUT2D eigenvalue weighted by Crippen LogP contribution is -2.43. The van der Waals surface area contributed by atoms with Crippen LogP contribution in [0.4, 0.5) is 0 Å². The quantitative estimate of drug-likeness (QED) is 0.468. The number of pyridine rings is 2. The summed E-state index contributed by atoms with van der Waals surface area (Å²) in [5.74, 6) is 0.561. The third-order valence-electron chi connectivity index (χ3n) is 6.58. The number of aryl methyl sites for hydroxylation is 1. The molecule has 3 aromatic heterocycles. The number of rotatable bonds is 5. The SMILES string of the molecule is COc1ccc(-c2ccc3ncc4c(c3c2)n(C2CCN(C(O)OC)CC2)c(=O)n4C)cn1. The Morgan fingerprint density at radius 2 is 1.82 bits per heavy atom. The number of imidazole rings is 1. The Kier molecular flexibility index (Phi) is 5.61. The van der Waals surface area contributed by atoms with Gasteiger partial charge in [-0.25, -0.2) is 9.78 Å². The van der Waals surface area contributed by atoms with Gasteiger partial charge in [-0.3, -0.25) is 19.0 Å². The van der Waals surface area contributed by atoms with Crippen LogP contribution in [0.5, 0.6) is 5.88 Å². The summed E-state index contributed by atoms with van der Waals surface area (Å²) in [5, 5.41) is 10.9. The number of hydrogen-bond acceptors (Lipinski definition) is 7. The van der Waals surface area contributed by atoms with E-state index in [0.717, 1.165) is 45.9 Å². The standard InChI is InChI=1S/C24H27N5O4/c1-27-20-14-25-19-6-4-15(16-5-7-21(32-2)26-13-16)12-18(19)22(20)29(23(27)30)17-8-10-28(11-9-17)24(31)33-3/h4-7,12-14,17,24,31H,8-11H2,1-3H3. The van der Waals surface area contributed by atoms with Gasteiger partial charge in [-0.1, -0.05) is 6.07 Å². The minimum atomic E-state index is -0.916. The molecular weight excluding hydrogens is 422 g/mol. The smallest absolute Gasteiger partial charge is 0.329 e. The van der Waals surface area contributed by atoms with Crippen LogP contribution in [0.25, 0.3) is 33.1 Å². The molecule has 1 aliphatic rings. The molecule has 33 heavy (non-hydrogen) atoms. The van der Waals surface area contributed by atoms with Crippen molar-refractivity contribution in [2.45, 2.75) is 25.3 Å². The number of nitrogens with zero attached hydrogens (tertiary/aromatic N) is 5. The van der Waals surface area contributed by atoms with Gasteiger partial charge in [-0.2, -0.15) is 0 Å². The maximum atomic E-state index is 13.3. The fraction of sp³-hybridized carbons (Fsp3) is 0.375. The van der Waals surface area contributed by atoms with Crippen molar-refractivity contribution in [3.63, 3.8) is 0 Å². The molecule has 0 aliphatic carbocycles. The monoisotopic (exact) mass is 449 g/mol. The number of hydrogen-bond donors (Lipinski definition) is 1. The number of likely N-dealkylation sites (tertiary alicyclic amines) is 1. The highest BCUT2D eigenvalue weighted by Gasteiger charge is 2.28. The van der Waals surface area contributed by atoms with Gasteiger partial charge in [0.2, 0.25) is 12.3 Å². The molecule has 4 heterocycles. The van der Waals surface area contributed by atoms with Crippen molar-refractivity contribution in [1.29, 1.82) is 0 Å². The summed E-state index contributed by atoms with van der Waals surface area (Å²) >= 11 is 0. The fourth-order valence-electron chi connectivity index (χ4n) is 4.73. The van der Waals surface area contributed by atoms with Gasteiger partial charge in [0, 0.05) is 56.5 Å². The Hall–Kier alpha value is -3.27. The average Bonchev–Trinajstić information content (AvgIpc) is 3.13. The van der Waals surface area contributed by atoms with E-state index in [0.29, 0.717) is 19.0 Å². The Morgan fingerprint density at radius 1 is 1.06 bits per heavy atom. The second-order valence-electron chi connectivity index (χ2n) is 8.35. The van der Waals surface area contributed by atoms with E-state index in [4.69, 9.17) is 9.47 Å². The van der Waals surface area contributed by atoms with Crippen LogP contribution in [-0.4, -0.2) is 62.8 Å². The van der Waals surface area contributed by atoms with Crippen LogP contribution in [0.3, 0.4) is 0 Å². The predicted molar refractivity (Wildman–Crippen MR) is 125 cm³/mol. The van der Waals surface area contributed by atoms with Gasteiger partial charge in [-0.05, 0) is 36.6 Å². The number of fused-ring (bicyclic) bond motifs is 3. The highest BCUT2D eigenvalue weighted by Crippen LogP contribution is 2.32. The zero-order chi connectivity index (χ0) is 23.1. The number of ether oxygens (including phenoxy) is 2. The highest BCUT2D eigenvalue weighted by molar-refractivity contribution is 6.04. The van der Waals surface area contributed by atoms with E-state index < -0.39 is 6.41 Å². The third kappa shape index (κ3) is 3.68. The molecule has 1 saturated heterocycles. The molecule has 1 atom stereocenters. The van der Waals surface area contributed by atoms with Crippen molar-refractivity contribution in [1.82, 2.24) is 24.0 Å². The first-order valence-electron chi connectivity index (χ1n) is 11.0. The van der Waals surface area contributed by atoms with E-state index >= 15 is 0 Å². The summed E-state index contributed by atoms with van der Waals surface area (Å²) in [7, 11) is 4.87. The van der Waals surface area contributed by atoms with Crippen molar-refractivity contribution < 1.29 is 14.6 Å². The molecule has 1 fully saturated rings. The molecule has 172 valence electrons. The molecule has 0 radical (unpaired) electrons. The summed E-state index contributed by atoms with van der Waals surface area (Å²) in [6, 6.07) is 9.90. The number of piperidine rings is 1. The molecule has 1 aromatic carbocycles. The first-order chi connectivity index (χ1) is 16.0. The topological polar surface area (TPSA) is 94.6 Å². The van der Waals surface area contributed by atoms with Crippen molar-refractivity contribution in [2.75, 3.05) is 27.3 Å². The van der Waals surface area contributed by atoms with Gasteiger partial charge in [0.05, 0.1) is 29.9 Å². The van der Waals surface area contributed by atoms with E-state index in [2.05, 4.69) is 16.0 Å². The molecule has 9 heteroatoms. The third-order valence-corrected chi connectivity index (χ3v) is 6.58. The van der Waals surface area contributed by atoms with Crippen molar-refractivity contribution in [3.05, 3.63) is 53.2 Å². The number of methoxy groups -OCH3 is 2. The van der Waals surface area contributed by atoms with Crippen LogP contribution < -0.4 is 10.4 Å². The van der Waals surface area contributed by atoms with E-state index in [-0.39, 0.29) is 11.7 Å². The lowest BCUT2D eigenvalue weighted by Gasteiger charge is -2.34. The van der Waals surface area contributed by atoms with Crippen LogP contribution in [0.15, 0.2) is 47.5 Å². The molecule has 0 saturated carbocycles. The van der Waals surface area contributed by atoms with Crippen LogP contribution in [-0.2, 0) is 11.8 Å². The second-order valence-corrected chi connectivity index (χ2v) is 8.35. The van der Waals surface area contributed by atoms with Gasteiger partial charge < -0.3 is 14.6 Å². The highest BCUT2D eigenvalue weighted by atomic mass is 16.6. The molecule has 9 nitrogen and oxygen atoms in total. The second kappa shape index (κ2) is 8.58. The van der Waals surface area contributed by atoms with Crippen LogP contribution in [0, 0.1) is 0 Å². The van der Waals surface area contributed by atoms with Gasteiger partial charge in [0.1, 0.15) is 0 Å². The normalized spacial score (nSPS) is 16.5. The van der Waals surface area contributed by atoms with Gasteiger partial charge in [0.25, 0.3) is 0 Å². The average molecular weight is 450 g/mol. The van der Waals surface area contributed by atoms with Crippen molar-refractivity contribution in [2.24, 2.45) is 7.05 Å². The first-order valence-corrected chi connectivity index (χ1v) is 11.0. The molecule has 0 amide bonds. The molecule has 0 bridgehead atoms. The van der Waals surface area contributed by atoms with Crippen LogP contribution in [0.1, 0.15) is 18.9 Å². The van der Waals surface area contributed by atoms with E-state index in [1.807, 2.05) is 33.7 Å². The lowest BCUT2D eigenvalue weighted by molar-refractivity contribution is -0.183. The number of benzene rings is 1. The Labute approximate surface area is 190 Å². The molecule has 4 aromatic rings. The number of aliphatic hydroxyl groups excluding tert-OH is 1. The van der Waals surface area contributed by atoms with Crippen LogP contribution in [0.2, 0.25) is 0 Å². The number of aliphatic hydroxyl groups is 1. The lowest BCUT2D eigenvalue weighted by atomic mass is 10.0. The summed E-state index contributed by atoms with van der Waals surface area (Å²) in [4.78, 5) is 24.1. The Morgan fingerprint density at radius 3 is 2.48 bits per heavy atom. The van der Waals surface area contributed by atoms with Crippen molar-refractivity contribution >= 4 is 21.9 Å². The van der Waals surface area contributed by atoms with Gasteiger partial charge in [0.15, 0.2) is 0 Å². The largest absolute Gasteiger partial charge is 0.481 e. The molecule has 1 unspecified atom stereocenters. The number of aromatic nitrogens is 4. The maximum absolute atomic E-state index is 13.3. The van der Waals surface area contributed by atoms with E-state index in [1.165, 1.54) is 7.11 Å². The van der Waals surface area contributed by atoms with Crippen LogP contribution >= 0.6 is 0 Å². The first kappa shape index (κ1) is 21.6. The fourth-order valence-corrected chi connectivity index (χ4v) is 4.73. The van der Waals surface area contributed by atoms with Gasteiger partial charge >= 0.3 is 5.69 Å². The molecule has 1 N–H and O–H groups in total. The summed E-state index contributed by atoms with van der Waals surface area (Å²) in [5.41, 5.74) is 4.42. The zero-order valence-corrected chi connectivity index (χ0v) is 18.9. The molecule has 1 aliphatic heterocycles. The van der Waals surface area contributed by atoms with E-state index in [1.54, 1.807) is 31.1 Å². The van der Waals surface area contributed by atoms with Crippen molar-refractivity contribution in [3.8, 4) is 17.0 Å². The Bertz CT molecular complexity index is 1350. The Balaban J connectivity index is 1.62. The molecule has 0 spiro atoms. The summed E-state index contributed by atoms with van der Waals surface area (Å²) < 4.78 is 13.8. The van der Waals surface area contributed by atoms with E-state index in [9.17, 15) is 9.90 Å². The molecular formula is C24H27N5O4. The minimum Gasteiger partial charge on any atom is -0.481 e. The minimum absolute atomic E-state index is 0.0263. The predicted octanol–water partition coefficient (Wildman–Crippen LogP) is 2.52. The summed E-state index contributed by atoms with van der Waals surface area (Å²) in [6.45, 7) is 1.29. The van der Waals surface area contributed by atoms with Gasteiger partial charge in [-0.15, -0.1) is 0 Å². The maximum Gasteiger partial charge on any atom is 0.329 e.